The highest BCUT2D eigenvalue weighted by atomic mass is 79.9. The van der Waals surface area contributed by atoms with E-state index in [0.717, 1.165) is 28.3 Å². The summed E-state index contributed by atoms with van der Waals surface area (Å²) in [4.78, 5) is 12.3. The Bertz CT molecular complexity index is 593. The van der Waals surface area contributed by atoms with Crippen molar-refractivity contribution in [1.82, 2.24) is 5.43 Å². The van der Waals surface area contributed by atoms with Crippen LogP contribution >= 0.6 is 15.9 Å². The molecule has 3 fully saturated rings. The van der Waals surface area contributed by atoms with Crippen LogP contribution in [0.25, 0.3) is 0 Å². The molecule has 0 aliphatic heterocycles. The van der Waals surface area contributed by atoms with E-state index in [-0.39, 0.29) is 11.8 Å². The van der Waals surface area contributed by atoms with Crippen LogP contribution in [0, 0.1) is 23.2 Å². The first kappa shape index (κ1) is 13.5. The number of hydrogen-bond donors (Lipinski definition) is 1. The molecule has 0 heterocycles. The minimum Gasteiger partial charge on any atom is -0.273 e. The van der Waals surface area contributed by atoms with Gasteiger partial charge in [0, 0.05) is 10.4 Å². The molecule has 0 saturated heterocycles. The van der Waals surface area contributed by atoms with E-state index in [4.69, 9.17) is 0 Å². The summed E-state index contributed by atoms with van der Waals surface area (Å²) in [6, 6.07) is 7.88. The number of carbonyl (C=O) groups is 1. The summed E-state index contributed by atoms with van der Waals surface area (Å²) in [5.74, 6) is 2.00. The second-order valence-electron chi connectivity index (χ2n) is 6.71. The predicted molar refractivity (Wildman–Crippen MR) is 85.9 cm³/mol. The Morgan fingerprint density at radius 1 is 1.29 bits per heavy atom. The Morgan fingerprint density at radius 3 is 2.62 bits per heavy atom. The van der Waals surface area contributed by atoms with Gasteiger partial charge in [0.25, 0.3) is 0 Å². The fourth-order valence-electron chi connectivity index (χ4n) is 3.94. The van der Waals surface area contributed by atoms with Crippen LogP contribution in [0.3, 0.4) is 0 Å². The molecule has 0 bridgehead atoms. The van der Waals surface area contributed by atoms with Crippen LogP contribution < -0.4 is 5.43 Å². The van der Waals surface area contributed by atoms with Crippen molar-refractivity contribution in [2.45, 2.75) is 32.1 Å². The van der Waals surface area contributed by atoms with E-state index < -0.39 is 0 Å². The van der Waals surface area contributed by atoms with Crippen LogP contribution in [-0.2, 0) is 4.79 Å². The average molecular weight is 347 g/mol. The number of nitrogens with zero attached hydrogens (tertiary/aromatic N) is 1. The molecular weight excluding hydrogens is 328 g/mol. The first-order valence-corrected chi connectivity index (χ1v) is 8.58. The third-order valence-corrected chi connectivity index (χ3v) is 5.77. The van der Waals surface area contributed by atoms with Crippen molar-refractivity contribution in [2.24, 2.45) is 28.3 Å². The molecule has 4 rings (SSSR count). The summed E-state index contributed by atoms with van der Waals surface area (Å²) < 4.78 is 1.02. The minimum absolute atomic E-state index is 0.125. The second-order valence-corrected chi connectivity index (χ2v) is 7.62. The first-order chi connectivity index (χ1) is 10.2. The lowest BCUT2D eigenvalue weighted by Gasteiger charge is -2.14. The average Bonchev–Trinajstić information content (AvgIpc) is 3.33. The van der Waals surface area contributed by atoms with Crippen LogP contribution in [0.2, 0.25) is 0 Å². The highest BCUT2D eigenvalue weighted by Crippen LogP contribution is 2.74. The van der Waals surface area contributed by atoms with Crippen LogP contribution in [0.1, 0.15) is 37.7 Å². The Labute approximate surface area is 133 Å². The maximum absolute atomic E-state index is 12.3. The maximum atomic E-state index is 12.3. The summed E-state index contributed by atoms with van der Waals surface area (Å²) in [5, 5.41) is 4.12. The van der Waals surface area contributed by atoms with Gasteiger partial charge in [0.1, 0.15) is 0 Å². The van der Waals surface area contributed by atoms with Gasteiger partial charge in [-0.15, -0.1) is 0 Å². The van der Waals surface area contributed by atoms with Gasteiger partial charge in [-0.2, -0.15) is 5.10 Å². The molecule has 0 radical (unpaired) electrons. The van der Waals surface area contributed by atoms with Gasteiger partial charge in [-0.05, 0) is 67.1 Å². The number of nitrogens with one attached hydrogen (secondary N) is 1. The number of benzene rings is 1. The van der Waals surface area contributed by atoms with Gasteiger partial charge >= 0.3 is 0 Å². The van der Waals surface area contributed by atoms with Crippen molar-refractivity contribution < 1.29 is 4.79 Å². The minimum atomic E-state index is 0.125. The zero-order valence-electron chi connectivity index (χ0n) is 11.9. The van der Waals surface area contributed by atoms with Crippen molar-refractivity contribution in [3.05, 3.63) is 34.3 Å². The van der Waals surface area contributed by atoms with Crippen LogP contribution in [-0.4, -0.2) is 12.1 Å². The molecule has 3 nitrogen and oxygen atoms in total. The lowest BCUT2D eigenvalue weighted by atomic mass is 9.91. The summed E-state index contributed by atoms with van der Waals surface area (Å²) >= 11 is 3.43. The quantitative estimate of drug-likeness (QED) is 0.640. The molecule has 4 heteroatoms. The van der Waals surface area contributed by atoms with Crippen LogP contribution in [0.4, 0.5) is 0 Å². The zero-order chi connectivity index (χ0) is 14.4. The van der Waals surface area contributed by atoms with Crippen LogP contribution in [0.15, 0.2) is 33.8 Å². The molecular formula is C17H19BrN2O. The first-order valence-electron chi connectivity index (χ1n) is 7.78. The Balaban J connectivity index is 1.36. The number of amides is 1. The number of carbonyl (C=O) groups excluding carboxylic acids is 1. The molecule has 3 saturated carbocycles. The van der Waals surface area contributed by atoms with E-state index in [1.807, 2.05) is 24.3 Å². The fourth-order valence-corrected chi connectivity index (χ4v) is 4.36. The van der Waals surface area contributed by atoms with E-state index in [9.17, 15) is 4.79 Å². The SMILES string of the molecule is O=C(NN=Cc1cccc(Br)c1)[C@@H]1CC1(C1CC1)C1CC1. The third kappa shape index (κ3) is 2.54. The summed E-state index contributed by atoms with van der Waals surface area (Å²) in [7, 11) is 0. The molecule has 1 N–H and O–H groups in total. The van der Waals surface area contributed by atoms with Gasteiger partial charge in [-0.25, -0.2) is 5.43 Å². The Kier molecular flexibility index (Phi) is 3.18. The Morgan fingerprint density at radius 2 is 2.00 bits per heavy atom. The molecule has 1 aromatic rings. The molecule has 1 aromatic carbocycles. The predicted octanol–water partition coefficient (Wildman–Crippen LogP) is 3.73. The van der Waals surface area contributed by atoms with Gasteiger partial charge in [-0.1, -0.05) is 28.1 Å². The second kappa shape index (κ2) is 4.94. The molecule has 1 atom stereocenters. The maximum Gasteiger partial charge on any atom is 0.243 e. The van der Waals surface area contributed by atoms with E-state index in [2.05, 4.69) is 26.5 Å². The number of hydrogen-bond acceptors (Lipinski definition) is 2. The molecule has 0 aromatic heterocycles. The standard InChI is InChI=1S/C17H19BrN2O/c18-14-3-1-2-11(8-14)10-19-20-16(21)15-9-17(15,12-4-5-12)13-6-7-13/h1-3,8,10,12-13,15H,4-7,9H2,(H,20,21)/t15-/m0/s1. The van der Waals surface area contributed by atoms with Crippen LogP contribution in [0.5, 0.6) is 0 Å². The van der Waals surface area contributed by atoms with E-state index in [0.29, 0.717) is 5.41 Å². The van der Waals surface area contributed by atoms with Gasteiger partial charge in [0.05, 0.1) is 6.21 Å². The molecule has 3 aliphatic carbocycles. The lowest BCUT2D eigenvalue weighted by Crippen LogP contribution is -2.25. The normalized spacial score (nSPS) is 26.8. The smallest absolute Gasteiger partial charge is 0.243 e. The summed E-state index contributed by atoms with van der Waals surface area (Å²) in [6.07, 6.45) is 8.15. The molecule has 3 aliphatic rings. The molecule has 110 valence electrons. The molecule has 0 unspecified atom stereocenters. The summed E-state index contributed by atoms with van der Waals surface area (Å²) in [6.45, 7) is 0. The lowest BCUT2D eigenvalue weighted by molar-refractivity contribution is -0.123. The fraction of sp³-hybridized carbons (Fsp3) is 0.529. The van der Waals surface area contributed by atoms with Gasteiger partial charge in [0.2, 0.25) is 5.91 Å². The zero-order valence-corrected chi connectivity index (χ0v) is 13.5. The van der Waals surface area contributed by atoms with Crippen molar-refractivity contribution >= 4 is 28.1 Å². The number of halogens is 1. The summed E-state index contributed by atoms with van der Waals surface area (Å²) in [5.41, 5.74) is 4.10. The van der Waals surface area contributed by atoms with E-state index in [1.54, 1.807) is 6.21 Å². The largest absolute Gasteiger partial charge is 0.273 e. The van der Waals surface area contributed by atoms with Gasteiger partial charge < -0.3 is 0 Å². The highest BCUT2D eigenvalue weighted by Gasteiger charge is 2.70. The molecule has 21 heavy (non-hydrogen) atoms. The van der Waals surface area contributed by atoms with Crippen molar-refractivity contribution in [3.8, 4) is 0 Å². The van der Waals surface area contributed by atoms with Crippen molar-refractivity contribution in [1.29, 1.82) is 0 Å². The highest BCUT2D eigenvalue weighted by molar-refractivity contribution is 9.10. The van der Waals surface area contributed by atoms with Crippen molar-refractivity contribution in [3.63, 3.8) is 0 Å². The van der Waals surface area contributed by atoms with Crippen molar-refractivity contribution in [2.75, 3.05) is 0 Å². The Hall–Kier alpha value is -1.16. The monoisotopic (exact) mass is 346 g/mol. The number of rotatable bonds is 5. The molecule has 0 spiro atoms. The number of hydrazone groups is 1. The topological polar surface area (TPSA) is 41.5 Å². The van der Waals surface area contributed by atoms with E-state index >= 15 is 0 Å². The van der Waals surface area contributed by atoms with Gasteiger partial charge in [0.15, 0.2) is 0 Å². The van der Waals surface area contributed by atoms with Gasteiger partial charge in [-0.3, -0.25) is 4.79 Å². The third-order valence-electron chi connectivity index (χ3n) is 5.27. The molecule has 1 amide bonds. The van der Waals surface area contributed by atoms with E-state index in [1.165, 1.54) is 25.7 Å².